The van der Waals surface area contributed by atoms with Gasteiger partial charge in [-0.05, 0) is 56.2 Å². The van der Waals surface area contributed by atoms with Crippen LogP contribution in [0.15, 0.2) is 42.5 Å². The Morgan fingerprint density at radius 1 is 1.24 bits per heavy atom. The van der Waals surface area contributed by atoms with Gasteiger partial charge in [0.2, 0.25) is 5.91 Å². The van der Waals surface area contributed by atoms with E-state index in [1.165, 1.54) is 18.2 Å². The molecule has 0 radical (unpaired) electrons. The van der Waals surface area contributed by atoms with Gasteiger partial charge in [0.15, 0.2) is 11.5 Å². The summed E-state index contributed by atoms with van der Waals surface area (Å²) in [5.41, 5.74) is 1.96. The second kappa shape index (κ2) is 9.23. The normalized spacial score (nSPS) is 15.2. The van der Waals surface area contributed by atoms with Crippen LogP contribution >= 0.6 is 11.3 Å². The van der Waals surface area contributed by atoms with Gasteiger partial charge < -0.3 is 19.9 Å². The number of anilines is 1. The fourth-order valence-corrected chi connectivity index (χ4v) is 5.23. The van der Waals surface area contributed by atoms with E-state index in [4.69, 9.17) is 9.47 Å². The molecule has 0 bridgehead atoms. The molecule has 0 unspecified atom stereocenters. The molecule has 6 nitrogen and oxygen atoms in total. The molecule has 8 heteroatoms. The quantitative estimate of drug-likeness (QED) is 0.449. The molecule has 2 heterocycles. The maximum atomic E-state index is 13.9. The average molecular weight is 470 g/mol. The van der Waals surface area contributed by atoms with Gasteiger partial charge in [0, 0.05) is 22.8 Å². The molecule has 2 aromatic carbocycles. The van der Waals surface area contributed by atoms with Gasteiger partial charge in [-0.3, -0.25) is 4.79 Å². The highest BCUT2D eigenvalue weighted by Gasteiger charge is 2.35. The highest BCUT2D eigenvalue weighted by atomic mass is 32.1. The molecule has 1 amide bonds. The number of carbonyl (C=O) groups excluding carboxylic acids is 1. The molecular formula is C25H24FNO5S. The lowest BCUT2D eigenvalue weighted by Crippen LogP contribution is -2.22. The molecule has 0 saturated carbocycles. The van der Waals surface area contributed by atoms with Gasteiger partial charge in [-0.15, -0.1) is 11.3 Å². The van der Waals surface area contributed by atoms with Crippen LogP contribution < -0.4 is 14.8 Å². The van der Waals surface area contributed by atoms with Crippen LogP contribution in [0.25, 0.3) is 11.1 Å². The zero-order chi connectivity index (χ0) is 23.7. The molecule has 0 spiro atoms. The van der Waals surface area contributed by atoms with Gasteiger partial charge in [0.05, 0.1) is 18.4 Å². The zero-order valence-corrected chi connectivity index (χ0v) is 19.3. The lowest BCUT2D eigenvalue weighted by Gasteiger charge is -2.25. The van der Waals surface area contributed by atoms with Crippen molar-refractivity contribution in [2.45, 2.75) is 39.2 Å². The standard InChI is InChI=1S/C25H24FNO5S/c1-4-31-19-11-14(8-9-18(19)32-13(2)3)17-12-20(28)27-22-21(15-6-5-7-16(26)10-15)24(25(29)30)33-23(17)22/h5-11,13,17H,4,12H2,1-3H3,(H,27,28)(H,29,30)/t17-/m1/s1. The van der Waals surface area contributed by atoms with Crippen molar-refractivity contribution in [1.82, 2.24) is 0 Å². The summed E-state index contributed by atoms with van der Waals surface area (Å²) in [6.45, 7) is 6.17. The number of nitrogens with one attached hydrogen (secondary N) is 1. The number of aromatic carboxylic acids is 1. The van der Waals surface area contributed by atoms with Crippen molar-refractivity contribution in [3.8, 4) is 22.6 Å². The Kier molecular flexibility index (Phi) is 6.37. The van der Waals surface area contributed by atoms with Gasteiger partial charge in [-0.25, -0.2) is 9.18 Å². The molecule has 1 aromatic heterocycles. The Balaban J connectivity index is 1.86. The number of ether oxygens (including phenoxy) is 2. The lowest BCUT2D eigenvalue weighted by atomic mass is 9.88. The van der Waals surface area contributed by atoms with E-state index in [1.54, 1.807) is 6.07 Å². The van der Waals surface area contributed by atoms with Crippen LogP contribution in [0.2, 0.25) is 0 Å². The minimum absolute atomic E-state index is 0.0358. The number of thiophene rings is 1. The summed E-state index contributed by atoms with van der Waals surface area (Å²) in [5.74, 6) is -1.04. The smallest absolute Gasteiger partial charge is 0.346 e. The predicted octanol–water partition coefficient (Wildman–Crippen LogP) is 5.91. The van der Waals surface area contributed by atoms with Crippen LogP contribution in [-0.2, 0) is 4.79 Å². The van der Waals surface area contributed by atoms with Crippen molar-refractivity contribution in [1.29, 1.82) is 0 Å². The second-order valence-electron chi connectivity index (χ2n) is 7.97. The van der Waals surface area contributed by atoms with Crippen LogP contribution in [0.3, 0.4) is 0 Å². The van der Waals surface area contributed by atoms with Gasteiger partial charge in [0.1, 0.15) is 10.7 Å². The number of halogens is 1. The number of hydrogen-bond donors (Lipinski definition) is 2. The molecule has 1 aliphatic rings. The predicted molar refractivity (Wildman–Crippen MR) is 125 cm³/mol. The van der Waals surface area contributed by atoms with Crippen LogP contribution in [0.1, 0.15) is 53.2 Å². The van der Waals surface area contributed by atoms with Crippen molar-refractivity contribution >= 4 is 28.9 Å². The minimum Gasteiger partial charge on any atom is -0.490 e. The first-order chi connectivity index (χ1) is 15.8. The van der Waals surface area contributed by atoms with Crippen molar-refractivity contribution in [2.24, 2.45) is 0 Å². The number of carbonyl (C=O) groups is 2. The van der Waals surface area contributed by atoms with Crippen LogP contribution in [0, 0.1) is 5.82 Å². The summed E-state index contributed by atoms with van der Waals surface area (Å²) < 4.78 is 25.5. The summed E-state index contributed by atoms with van der Waals surface area (Å²) in [4.78, 5) is 25.5. The maximum absolute atomic E-state index is 13.9. The first-order valence-corrected chi connectivity index (χ1v) is 11.5. The van der Waals surface area contributed by atoms with Crippen molar-refractivity contribution in [3.63, 3.8) is 0 Å². The topological polar surface area (TPSA) is 84.9 Å². The zero-order valence-electron chi connectivity index (χ0n) is 18.5. The minimum atomic E-state index is -1.13. The molecule has 33 heavy (non-hydrogen) atoms. The molecule has 0 aliphatic carbocycles. The monoisotopic (exact) mass is 469 g/mol. The Hall–Kier alpha value is -3.39. The summed E-state index contributed by atoms with van der Waals surface area (Å²) in [6.07, 6.45) is 0.122. The average Bonchev–Trinajstić information content (AvgIpc) is 3.14. The van der Waals surface area contributed by atoms with E-state index >= 15 is 0 Å². The van der Waals surface area contributed by atoms with E-state index in [0.717, 1.165) is 16.9 Å². The molecule has 172 valence electrons. The number of carboxylic acid groups (broad SMARTS) is 1. The van der Waals surface area contributed by atoms with E-state index in [-0.39, 0.29) is 29.2 Å². The summed E-state index contributed by atoms with van der Waals surface area (Å²) in [7, 11) is 0. The Morgan fingerprint density at radius 3 is 2.70 bits per heavy atom. The highest BCUT2D eigenvalue weighted by molar-refractivity contribution is 7.15. The highest BCUT2D eigenvalue weighted by Crippen LogP contribution is 2.50. The van der Waals surface area contributed by atoms with E-state index in [1.807, 2.05) is 39.0 Å². The van der Waals surface area contributed by atoms with Gasteiger partial charge in [0.25, 0.3) is 0 Å². The molecule has 2 N–H and O–H groups in total. The van der Waals surface area contributed by atoms with Crippen LogP contribution in [-0.4, -0.2) is 29.7 Å². The third-order valence-corrected chi connectivity index (χ3v) is 6.54. The number of benzene rings is 2. The molecule has 1 atom stereocenters. The third kappa shape index (κ3) is 4.57. The van der Waals surface area contributed by atoms with Gasteiger partial charge in [-0.2, -0.15) is 0 Å². The number of rotatable bonds is 7. The van der Waals surface area contributed by atoms with Gasteiger partial charge >= 0.3 is 5.97 Å². The maximum Gasteiger partial charge on any atom is 0.346 e. The first kappa shape index (κ1) is 22.8. The number of fused-ring (bicyclic) bond motifs is 1. The summed E-state index contributed by atoms with van der Waals surface area (Å²) >= 11 is 1.10. The summed E-state index contributed by atoms with van der Waals surface area (Å²) in [6, 6.07) is 11.2. The molecule has 1 aliphatic heterocycles. The van der Waals surface area contributed by atoms with Gasteiger partial charge in [-0.1, -0.05) is 18.2 Å². The lowest BCUT2D eigenvalue weighted by molar-refractivity contribution is -0.116. The van der Waals surface area contributed by atoms with E-state index in [0.29, 0.717) is 39.8 Å². The van der Waals surface area contributed by atoms with E-state index in [9.17, 15) is 19.1 Å². The van der Waals surface area contributed by atoms with Crippen LogP contribution in [0.4, 0.5) is 10.1 Å². The van der Waals surface area contributed by atoms with Crippen molar-refractivity contribution in [3.05, 3.63) is 63.6 Å². The molecule has 0 saturated heterocycles. The number of amides is 1. The van der Waals surface area contributed by atoms with E-state index < -0.39 is 11.8 Å². The van der Waals surface area contributed by atoms with Crippen molar-refractivity contribution < 1.29 is 28.6 Å². The van der Waals surface area contributed by atoms with Crippen LogP contribution in [0.5, 0.6) is 11.5 Å². The largest absolute Gasteiger partial charge is 0.490 e. The second-order valence-corrected chi connectivity index (χ2v) is 9.02. The fourth-order valence-electron chi connectivity index (χ4n) is 3.99. The molecular weight excluding hydrogens is 445 g/mol. The molecule has 4 rings (SSSR count). The summed E-state index contributed by atoms with van der Waals surface area (Å²) in [5, 5.41) is 12.7. The fraction of sp³-hybridized carbons (Fsp3) is 0.280. The van der Waals surface area contributed by atoms with E-state index in [2.05, 4.69) is 5.32 Å². The Labute approximate surface area is 195 Å². The van der Waals surface area contributed by atoms with Crippen molar-refractivity contribution in [2.75, 3.05) is 11.9 Å². The SMILES string of the molecule is CCOc1cc([C@H]2CC(=O)Nc3c2sc(C(=O)O)c3-c2cccc(F)c2)ccc1OC(C)C. The Bertz CT molecular complexity index is 1220. The molecule has 3 aromatic rings. The first-order valence-electron chi connectivity index (χ1n) is 10.7. The molecule has 0 fully saturated rings. The Morgan fingerprint density at radius 2 is 2.03 bits per heavy atom. The number of carboxylic acids is 1. The number of hydrogen-bond acceptors (Lipinski definition) is 5. The third-order valence-electron chi connectivity index (χ3n) is 5.25.